The molecule has 2 rings (SSSR count). The van der Waals surface area contributed by atoms with Crippen LogP contribution >= 0.6 is 11.8 Å². The smallest absolute Gasteiger partial charge is 0.309 e. The Hall–Kier alpha value is -0.960. The van der Waals surface area contributed by atoms with E-state index in [-0.39, 0.29) is 0 Å². The zero-order valence-electron chi connectivity index (χ0n) is 9.56. The van der Waals surface area contributed by atoms with Crippen LogP contribution in [0.4, 0.5) is 0 Å². The van der Waals surface area contributed by atoms with E-state index in [1.54, 1.807) is 13.8 Å². The second-order valence-electron chi connectivity index (χ2n) is 4.94. The second-order valence-corrected chi connectivity index (χ2v) is 6.00. The van der Waals surface area contributed by atoms with E-state index in [2.05, 4.69) is 12.1 Å². The van der Waals surface area contributed by atoms with Crippen LogP contribution in [0.2, 0.25) is 0 Å². The fraction of sp³-hybridized carbons (Fsp3) is 0.462. The van der Waals surface area contributed by atoms with E-state index < -0.39 is 11.4 Å². The maximum absolute atomic E-state index is 11.1. The van der Waals surface area contributed by atoms with Crippen molar-refractivity contribution in [3.8, 4) is 0 Å². The number of carbonyl (C=O) groups is 1. The summed E-state index contributed by atoms with van der Waals surface area (Å²) in [6.45, 7) is 3.61. The van der Waals surface area contributed by atoms with Crippen LogP contribution in [-0.2, 0) is 4.79 Å². The molecular formula is C13H16O2S. The summed E-state index contributed by atoms with van der Waals surface area (Å²) in [7, 11) is 0. The normalized spacial score (nSPS) is 19.5. The largest absolute Gasteiger partial charge is 0.481 e. The van der Waals surface area contributed by atoms with Crippen molar-refractivity contribution in [3.05, 3.63) is 29.8 Å². The molecule has 1 unspecified atom stereocenters. The molecule has 0 amide bonds. The molecule has 0 aromatic heterocycles. The monoisotopic (exact) mass is 236 g/mol. The van der Waals surface area contributed by atoms with Crippen LogP contribution in [0.1, 0.15) is 31.7 Å². The first-order valence-electron chi connectivity index (χ1n) is 5.46. The zero-order valence-corrected chi connectivity index (χ0v) is 10.4. The Morgan fingerprint density at radius 3 is 2.88 bits per heavy atom. The van der Waals surface area contributed by atoms with Crippen LogP contribution in [0.5, 0.6) is 0 Å². The van der Waals surface area contributed by atoms with E-state index in [1.807, 2.05) is 23.9 Å². The highest BCUT2D eigenvalue weighted by atomic mass is 32.2. The molecule has 1 N–H and O–H groups in total. The highest BCUT2D eigenvalue weighted by Gasteiger charge is 2.34. The lowest BCUT2D eigenvalue weighted by Gasteiger charge is -2.23. The summed E-state index contributed by atoms with van der Waals surface area (Å²) in [4.78, 5) is 12.4. The maximum atomic E-state index is 11.1. The van der Waals surface area contributed by atoms with Gasteiger partial charge in [-0.1, -0.05) is 18.2 Å². The van der Waals surface area contributed by atoms with Crippen molar-refractivity contribution in [2.45, 2.75) is 31.1 Å². The predicted molar refractivity (Wildman–Crippen MR) is 65.9 cm³/mol. The molecule has 0 fully saturated rings. The lowest BCUT2D eigenvalue weighted by atomic mass is 9.81. The van der Waals surface area contributed by atoms with Crippen molar-refractivity contribution in [1.29, 1.82) is 0 Å². The Balaban J connectivity index is 2.18. The number of carboxylic acids is 1. The van der Waals surface area contributed by atoms with Crippen LogP contribution < -0.4 is 0 Å². The third kappa shape index (κ3) is 2.09. The van der Waals surface area contributed by atoms with Gasteiger partial charge in [0.05, 0.1) is 5.41 Å². The van der Waals surface area contributed by atoms with E-state index in [0.717, 1.165) is 5.75 Å². The first-order chi connectivity index (χ1) is 7.50. The molecule has 1 aliphatic heterocycles. The van der Waals surface area contributed by atoms with E-state index >= 15 is 0 Å². The molecule has 0 saturated heterocycles. The summed E-state index contributed by atoms with van der Waals surface area (Å²) in [6.07, 6.45) is 0.715. The van der Waals surface area contributed by atoms with Crippen molar-refractivity contribution < 1.29 is 9.90 Å². The average molecular weight is 236 g/mol. The molecule has 1 aromatic rings. The number of hydrogen-bond donors (Lipinski definition) is 1. The van der Waals surface area contributed by atoms with Gasteiger partial charge in [0.2, 0.25) is 0 Å². The Morgan fingerprint density at radius 1 is 1.50 bits per heavy atom. The van der Waals surface area contributed by atoms with Gasteiger partial charge in [-0.3, -0.25) is 4.79 Å². The minimum Gasteiger partial charge on any atom is -0.481 e. The predicted octanol–water partition coefficient (Wildman–Crippen LogP) is 3.38. The number of carboxylic acid groups (broad SMARTS) is 1. The summed E-state index contributed by atoms with van der Waals surface area (Å²) < 4.78 is 0. The number of thioether (sulfide) groups is 1. The molecular weight excluding hydrogens is 220 g/mol. The number of fused-ring (bicyclic) bond motifs is 1. The molecule has 2 nitrogen and oxygen atoms in total. The van der Waals surface area contributed by atoms with E-state index in [1.165, 1.54) is 10.5 Å². The van der Waals surface area contributed by atoms with Crippen molar-refractivity contribution in [3.63, 3.8) is 0 Å². The van der Waals surface area contributed by atoms with Crippen LogP contribution in [0.3, 0.4) is 0 Å². The standard InChI is InChI=1S/C13H16O2S/c1-13(2,12(14)15)7-9-8-16-11-6-4-3-5-10(9)11/h3-6,9H,7-8H2,1-2H3,(H,14,15). The number of aliphatic carboxylic acids is 1. The van der Waals surface area contributed by atoms with Gasteiger partial charge < -0.3 is 5.11 Å². The molecule has 3 heteroatoms. The minimum atomic E-state index is -0.707. The number of hydrogen-bond acceptors (Lipinski definition) is 2. The van der Waals surface area contributed by atoms with Crippen molar-refractivity contribution in [2.75, 3.05) is 5.75 Å². The first kappa shape index (κ1) is 11.5. The van der Waals surface area contributed by atoms with Crippen molar-refractivity contribution in [1.82, 2.24) is 0 Å². The molecule has 86 valence electrons. The molecule has 16 heavy (non-hydrogen) atoms. The maximum Gasteiger partial charge on any atom is 0.309 e. The van der Waals surface area contributed by atoms with Crippen molar-refractivity contribution in [2.24, 2.45) is 5.41 Å². The lowest BCUT2D eigenvalue weighted by Crippen LogP contribution is -2.26. The highest BCUT2D eigenvalue weighted by Crippen LogP contribution is 2.44. The summed E-state index contributed by atoms with van der Waals surface area (Å²) in [6, 6.07) is 8.31. The molecule has 0 aliphatic carbocycles. The Kier molecular flexibility index (Phi) is 2.98. The topological polar surface area (TPSA) is 37.3 Å². The third-order valence-corrected chi connectivity index (χ3v) is 4.39. The minimum absolute atomic E-state index is 0.382. The van der Waals surface area contributed by atoms with Gasteiger partial charge in [0.15, 0.2) is 0 Å². The van der Waals surface area contributed by atoms with Gasteiger partial charge in [-0.2, -0.15) is 0 Å². The van der Waals surface area contributed by atoms with Gasteiger partial charge >= 0.3 is 5.97 Å². The summed E-state index contributed by atoms with van der Waals surface area (Å²) >= 11 is 1.84. The lowest BCUT2D eigenvalue weighted by molar-refractivity contribution is -0.147. The van der Waals surface area contributed by atoms with Crippen LogP contribution in [0.25, 0.3) is 0 Å². The van der Waals surface area contributed by atoms with Crippen LogP contribution in [0, 0.1) is 5.41 Å². The fourth-order valence-corrected chi connectivity index (χ4v) is 3.36. The molecule has 1 heterocycles. The van der Waals surface area contributed by atoms with Gasteiger partial charge in [0.1, 0.15) is 0 Å². The van der Waals surface area contributed by atoms with Gasteiger partial charge in [0.25, 0.3) is 0 Å². The van der Waals surface area contributed by atoms with Crippen molar-refractivity contribution >= 4 is 17.7 Å². The Morgan fingerprint density at radius 2 is 2.19 bits per heavy atom. The van der Waals surface area contributed by atoms with E-state index in [0.29, 0.717) is 12.3 Å². The SMILES string of the molecule is CC(C)(CC1CSc2ccccc21)C(=O)O. The molecule has 0 spiro atoms. The quantitative estimate of drug-likeness (QED) is 0.874. The van der Waals surface area contributed by atoms with E-state index in [9.17, 15) is 4.79 Å². The van der Waals surface area contributed by atoms with E-state index in [4.69, 9.17) is 5.11 Å². The van der Waals surface area contributed by atoms with Crippen LogP contribution in [-0.4, -0.2) is 16.8 Å². The molecule has 1 atom stereocenters. The zero-order chi connectivity index (χ0) is 11.8. The summed E-state index contributed by atoms with van der Waals surface area (Å²) in [5.74, 6) is 0.685. The second kappa shape index (κ2) is 4.13. The van der Waals surface area contributed by atoms with Gasteiger partial charge in [-0.15, -0.1) is 11.8 Å². The Labute approximate surface area is 100 Å². The third-order valence-electron chi connectivity index (χ3n) is 3.13. The van der Waals surface area contributed by atoms with Gasteiger partial charge in [-0.25, -0.2) is 0 Å². The molecule has 1 aromatic carbocycles. The van der Waals surface area contributed by atoms with Gasteiger partial charge in [0, 0.05) is 10.6 Å². The average Bonchev–Trinajstić information content (AvgIpc) is 2.61. The number of benzene rings is 1. The summed E-state index contributed by atoms with van der Waals surface area (Å²) in [5.41, 5.74) is 0.685. The first-order valence-corrected chi connectivity index (χ1v) is 6.44. The highest BCUT2D eigenvalue weighted by molar-refractivity contribution is 7.99. The fourth-order valence-electron chi connectivity index (χ4n) is 2.10. The number of rotatable bonds is 3. The van der Waals surface area contributed by atoms with Gasteiger partial charge in [-0.05, 0) is 37.8 Å². The van der Waals surface area contributed by atoms with Crippen LogP contribution in [0.15, 0.2) is 29.2 Å². The summed E-state index contributed by atoms with van der Waals surface area (Å²) in [5, 5.41) is 9.14. The molecule has 1 aliphatic rings. The Bertz CT molecular complexity index is 412. The molecule has 0 saturated carbocycles. The molecule has 0 radical (unpaired) electrons. The molecule has 0 bridgehead atoms.